The van der Waals surface area contributed by atoms with Gasteiger partial charge in [0.05, 0.1) is 25.4 Å². The van der Waals surface area contributed by atoms with Gasteiger partial charge in [0.1, 0.15) is 16.8 Å². The van der Waals surface area contributed by atoms with Gasteiger partial charge in [-0.2, -0.15) is 8.42 Å². The normalized spacial score (nSPS) is 25.7. The molecular weight excluding hydrogens is 859 g/mol. The second-order valence-corrected chi connectivity index (χ2v) is 21.7. The molecule has 12 nitrogen and oxygen atoms in total. The summed E-state index contributed by atoms with van der Waals surface area (Å²) in [6.45, 7) is 9.14. The van der Waals surface area contributed by atoms with Crippen LogP contribution in [0.3, 0.4) is 0 Å². The number of rotatable bonds is 43. The molecule has 1 fully saturated rings. The maximum Gasteiger partial charge on any atom is 0.398 e. The van der Waals surface area contributed by atoms with Crippen molar-refractivity contribution in [3.8, 4) is 0 Å². The number of carbonyl (C=O) groups is 1. The van der Waals surface area contributed by atoms with E-state index in [4.69, 9.17) is 13.7 Å². The van der Waals surface area contributed by atoms with Crippen LogP contribution in [0.25, 0.3) is 0 Å². The van der Waals surface area contributed by atoms with E-state index in [1.54, 1.807) is 6.08 Å². The summed E-state index contributed by atoms with van der Waals surface area (Å²) in [7, 11) is -5.27. The van der Waals surface area contributed by atoms with Gasteiger partial charge in [-0.15, -0.1) is 0 Å². The highest BCUT2D eigenvalue weighted by molar-refractivity contribution is 7.80. The second kappa shape index (κ2) is 34.2. The number of allylic oxidation sites excluding steroid dienone is 1. The van der Waals surface area contributed by atoms with E-state index in [-0.39, 0.29) is 12.3 Å². The molecule has 0 aromatic rings. The van der Waals surface area contributed by atoms with Crippen LogP contribution in [0.15, 0.2) is 12.2 Å². The molecule has 13 heteroatoms. The highest BCUT2D eigenvalue weighted by atomic mass is 32.3. The molecule has 1 rings (SSSR count). The van der Waals surface area contributed by atoms with E-state index in [0.717, 1.165) is 65.7 Å². The minimum atomic E-state index is -5.27. The first-order chi connectivity index (χ1) is 31.3. The zero-order valence-corrected chi connectivity index (χ0v) is 44.2. The Bertz CT molecular complexity index is 1380. The Morgan fingerprint density at radius 3 is 1.33 bits per heavy atom. The van der Waals surface area contributed by atoms with E-state index >= 15 is 0 Å². The van der Waals surface area contributed by atoms with Crippen molar-refractivity contribution in [2.75, 3.05) is 13.2 Å². The Hall–Kier alpha value is -1.16. The summed E-state index contributed by atoms with van der Waals surface area (Å²) in [6.07, 6.45) is 43.6. The van der Waals surface area contributed by atoms with Crippen LogP contribution in [0.5, 0.6) is 0 Å². The van der Waals surface area contributed by atoms with E-state index in [1.165, 1.54) is 174 Å². The molecule has 0 saturated carbocycles. The van der Waals surface area contributed by atoms with Crippen molar-refractivity contribution < 1.29 is 51.8 Å². The number of carbonyl (C=O) groups excluding carboxylic acids is 1. The zero-order chi connectivity index (χ0) is 49.4. The van der Waals surface area contributed by atoms with Crippen LogP contribution in [-0.2, 0) is 28.9 Å². The molecule has 0 radical (unpaired) electrons. The summed E-state index contributed by atoms with van der Waals surface area (Å²) >= 11 is 0. The Kier molecular flexibility index (Phi) is 32.6. The van der Waals surface area contributed by atoms with Crippen molar-refractivity contribution in [2.24, 2.45) is 0 Å². The number of unbranched alkanes of at least 4 members (excludes halogenated alkanes) is 31. The van der Waals surface area contributed by atoms with Crippen LogP contribution in [0.1, 0.15) is 267 Å². The number of aliphatic hydroxyl groups excluding tert-OH is 2. The van der Waals surface area contributed by atoms with Gasteiger partial charge in [-0.05, 0) is 53.9 Å². The summed E-state index contributed by atoms with van der Waals surface area (Å²) < 4.78 is 51.2. The highest BCUT2D eigenvalue weighted by Crippen LogP contribution is 2.56. The monoisotopic (exact) mass is 962 g/mol. The molecule has 0 aromatic carbocycles. The summed E-state index contributed by atoms with van der Waals surface area (Å²) in [5.74, 6) is -2.48. The average molecular weight is 962 g/mol. The lowest BCUT2D eigenvalue weighted by Crippen LogP contribution is -2.85. The molecule has 0 aliphatic carbocycles. The lowest BCUT2D eigenvalue weighted by Gasteiger charge is -2.65. The number of hydrogen-bond donors (Lipinski definition) is 6. The first-order valence-corrected chi connectivity index (χ1v) is 28.4. The van der Waals surface area contributed by atoms with Crippen molar-refractivity contribution in [1.29, 1.82) is 0 Å². The number of nitrogens with one attached hydrogen (secondary N) is 1. The van der Waals surface area contributed by atoms with Gasteiger partial charge in [0.2, 0.25) is 5.91 Å². The fourth-order valence-corrected chi connectivity index (χ4v) is 10.3. The predicted molar refractivity (Wildman–Crippen MR) is 269 cm³/mol. The SMILES string of the molecule is CCCCCCCCCCCCC/C=C/C(O)C(COC1(C)OC(C)(CO)C(C)(O)C(C)(OS(=O)(=O)O)C1(C)O)NC(=O)CCCCCCCCCCCCCCCCCCCCCCC. The molecule has 1 heterocycles. The number of aliphatic hydroxyl groups is 4. The standard InChI is InChI=1S/C53H103NO11S/c1-8-10-12-14-16-18-20-22-23-24-25-26-27-28-29-31-33-35-37-39-41-43-48(57)54-46(47(56)42-40-38-36-34-32-30-21-19-17-15-13-11-9-2)44-63-53(7)51(5,59)52(6,65-66(60,61)62)50(4,58)49(3,45-55)64-53/h40,42,46-47,55-56,58-59H,8-39,41,43-45H2,1-7H3,(H,54,57)(H,60,61,62)/b42-40+. The quantitative estimate of drug-likeness (QED) is 0.0194. The van der Waals surface area contributed by atoms with E-state index in [0.29, 0.717) is 6.42 Å². The van der Waals surface area contributed by atoms with Crippen LogP contribution in [0, 0.1) is 0 Å². The van der Waals surface area contributed by atoms with Gasteiger partial charge in [0, 0.05) is 6.42 Å². The van der Waals surface area contributed by atoms with Gasteiger partial charge >= 0.3 is 10.4 Å². The van der Waals surface area contributed by atoms with Crippen molar-refractivity contribution in [3.05, 3.63) is 12.2 Å². The first-order valence-electron chi connectivity index (χ1n) is 27.0. The number of ether oxygens (including phenoxy) is 2. The maximum absolute atomic E-state index is 13.3. The number of hydrogen-bond acceptors (Lipinski definition) is 10. The molecule has 7 unspecified atom stereocenters. The van der Waals surface area contributed by atoms with E-state index in [9.17, 15) is 38.2 Å². The Morgan fingerprint density at radius 1 is 0.606 bits per heavy atom. The third kappa shape index (κ3) is 23.2. The first kappa shape index (κ1) is 62.9. The fourth-order valence-electron chi connectivity index (χ4n) is 9.54. The molecule has 66 heavy (non-hydrogen) atoms. The molecule has 0 aromatic heterocycles. The van der Waals surface area contributed by atoms with Crippen molar-refractivity contribution in [1.82, 2.24) is 5.32 Å². The minimum Gasteiger partial charge on any atom is -0.393 e. The third-order valence-corrected chi connectivity index (χ3v) is 15.4. The van der Waals surface area contributed by atoms with Crippen LogP contribution in [0.4, 0.5) is 0 Å². The molecule has 0 bridgehead atoms. The Balaban J connectivity index is 2.68. The third-order valence-electron chi connectivity index (χ3n) is 14.9. The molecular formula is C53H103NO11S. The highest BCUT2D eigenvalue weighted by Gasteiger charge is 2.77. The fraction of sp³-hybridized carbons (Fsp3) is 0.943. The number of amides is 1. The molecule has 1 aliphatic rings. The predicted octanol–water partition coefficient (Wildman–Crippen LogP) is 12.3. The molecule has 1 saturated heterocycles. The second-order valence-electron chi connectivity index (χ2n) is 20.7. The summed E-state index contributed by atoms with van der Waals surface area (Å²) in [5.41, 5.74) is -9.44. The largest absolute Gasteiger partial charge is 0.398 e. The van der Waals surface area contributed by atoms with Crippen LogP contribution in [0.2, 0.25) is 0 Å². The maximum atomic E-state index is 13.3. The van der Waals surface area contributed by atoms with E-state index < -0.39 is 63.9 Å². The molecule has 7 atom stereocenters. The molecule has 1 amide bonds. The van der Waals surface area contributed by atoms with Crippen LogP contribution >= 0.6 is 0 Å². The van der Waals surface area contributed by atoms with Gasteiger partial charge in [0.15, 0.2) is 11.4 Å². The summed E-state index contributed by atoms with van der Waals surface area (Å²) in [4.78, 5) is 13.3. The average Bonchev–Trinajstić information content (AvgIpc) is 3.25. The minimum absolute atomic E-state index is 0.252. The zero-order valence-electron chi connectivity index (χ0n) is 43.4. The Morgan fingerprint density at radius 2 is 0.970 bits per heavy atom. The smallest absolute Gasteiger partial charge is 0.393 e. The van der Waals surface area contributed by atoms with E-state index in [2.05, 4.69) is 19.2 Å². The van der Waals surface area contributed by atoms with Gasteiger partial charge in [-0.1, -0.05) is 219 Å². The lowest BCUT2D eigenvalue weighted by molar-refractivity contribution is -0.453. The van der Waals surface area contributed by atoms with Crippen molar-refractivity contribution in [3.63, 3.8) is 0 Å². The summed E-state index contributed by atoms with van der Waals surface area (Å²) in [6, 6.07) is -1.01. The molecule has 0 spiro atoms. The Labute approximate surface area is 404 Å². The van der Waals surface area contributed by atoms with Crippen molar-refractivity contribution in [2.45, 2.75) is 307 Å². The van der Waals surface area contributed by atoms with Crippen molar-refractivity contribution >= 4 is 16.3 Å². The van der Waals surface area contributed by atoms with Gasteiger partial charge < -0.3 is 35.2 Å². The van der Waals surface area contributed by atoms with Gasteiger partial charge in [0.25, 0.3) is 0 Å². The molecule has 1 aliphatic heterocycles. The topological polar surface area (TPSA) is 192 Å². The van der Waals surface area contributed by atoms with Crippen LogP contribution in [-0.4, -0.2) is 92.9 Å². The molecule has 392 valence electrons. The summed E-state index contributed by atoms with van der Waals surface area (Å²) in [5, 5.41) is 48.3. The van der Waals surface area contributed by atoms with Gasteiger partial charge in [-0.3, -0.25) is 9.35 Å². The lowest BCUT2D eigenvalue weighted by atomic mass is 9.61. The van der Waals surface area contributed by atoms with E-state index in [1.807, 2.05) is 6.08 Å². The van der Waals surface area contributed by atoms with Gasteiger partial charge in [-0.25, -0.2) is 4.18 Å². The molecule has 6 N–H and O–H groups in total. The van der Waals surface area contributed by atoms with Crippen LogP contribution < -0.4 is 5.32 Å².